The summed E-state index contributed by atoms with van der Waals surface area (Å²) < 4.78 is 2.08. The Morgan fingerprint density at radius 1 is 1.19 bits per heavy atom. The predicted octanol–water partition coefficient (Wildman–Crippen LogP) is 5.76. The molecule has 7 heteroatoms. The topological polar surface area (TPSA) is 61.9 Å². The summed E-state index contributed by atoms with van der Waals surface area (Å²) in [6.45, 7) is 6.22. The van der Waals surface area contributed by atoms with Gasteiger partial charge in [-0.05, 0) is 68.5 Å². The second kappa shape index (κ2) is 8.90. The summed E-state index contributed by atoms with van der Waals surface area (Å²) in [4.78, 5) is 19.8. The molecule has 0 unspecified atom stereocenters. The molecule has 1 aromatic heterocycles. The van der Waals surface area contributed by atoms with Gasteiger partial charge >= 0.3 is 0 Å². The average molecular weight is 455 g/mol. The Morgan fingerprint density at radius 3 is 2.61 bits per heavy atom. The predicted molar refractivity (Wildman–Crippen MR) is 124 cm³/mol. The minimum absolute atomic E-state index is 0.0406. The first-order valence-corrected chi connectivity index (χ1v) is 11.4. The fourth-order valence-electron chi connectivity index (χ4n) is 4.34. The number of piperidine rings is 1. The zero-order valence-corrected chi connectivity index (χ0v) is 19.2. The van der Waals surface area contributed by atoms with Crippen LogP contribution in [0.4, 0.5) is 0 Å². The van der Waals surface area contributed by atoms with Crippen LogP contribution in [0.5, 0.6) is 0 Å². The molecule has 0 atom stereocenters. The number of benzene rings is 2. The van der Waals surface area contributed by atoms with E-state index in [2.05, 4.69) is 10.6 Å². The average Bonchev–Trinajstić information content (AvgIpc) is 3.14. The summed E-state index contributed by atoms with van der Waals surface area (Å²) in [6.07, 6.45) is 3.61. The molecule has 0 N–H and O–H groups in total. The minimum atomic E-state index is -0.0406. The Balaban J connectivity index is 1.76. The first kappa shape index (κ1) is 21.7. The Kier molecular flexibility index (Phi) is 6.22. The highest BCUT2D eigenvalue weighted by Gasteiger charge is 2.24. The number of aryl methyl sites for hydroxylation is 2. The van der Waals surface area contributed by atoms with Gasteiger partial charge in [-0.25, -0.2) is 4.98 Å². The van der Waals surface area contributed by atoms with E-state index in [1.807, 2.05) is 30.9 Å². The van der Waals surface area contributed by atoms with E-state index >= 15 is 0 Å². The summed E-state index contributed by atoms with van der Waals surface area (Å²) in [7, 11) is 0. The first-order valence-electron chi connectivity index (χ1n) is 10.6. The maximum atomic E-state index is 13.1. The van der Waals surface area contributed by atoms with E-state index in [-0.39, 0.29) is 5.91 Å². The van der Waals surface area contributed by atoms with Gasteiger partial charge in [0.2, 0.25) is 0 Å². The van der Waals surface area contributed by atoms with Crippen molar-refractivity contribution in [2.24, 2.45) is 0 Å². The van der Waals surface area contributed by atoms with Gasteiger partial charge in [0.25, 0.3) is 5.91 Å². The Morgan fingerprint density at radius 2 is 1.94 bits per heavy atom. The molecule has 1 fully saturated rings. The van der Waals surface area contributed by atoms with Crippen LogP contribution >= 0.6 is 23.2 Å². The third-order valence-corrected chi connectivity index (χ3v) is 6.75. The molecule has 5 nitrogen and oxygen atoms in total. The molecule has 0 saturated carbocycles. The minimum Gasteiger partial charge on any atom is -0.339 e. The SMILES string of the molecule is CCn1c(Cc2c(Cl)ccc(C(=O)N3CCCCC3)c2Cl)nc2c(C)cc(C#N)cc21. The number of likely N-dealkylation sites (tertiary alicyclic amines) is 1. The summed E-state index contributed by atoms with van der Waals surface area (Å²) in [5.41, 5.74) is 4.54. The number of carbonyl (C=O) groups excluding carboxylic acids is 1. The number of imidazole rings is 1. The van der Waals surface area contributed by atoms with Gasteiger partial charge in [-0.3, -0.25) is 4.79 Å². The molecular weight excluding hydrogens is 431 g/mol. The van der Waals surface area contributed by atoms with Crippen molar-refractivity contribution in [3.63, 3.8) is 0 Å². The van der Waals surface area contributed by atoms with Gasteiger partial charge < -0.3 is 9.47 Å². The smallest absolute Gasteiger partial charge is 0.255 e. The molecule has 0 spiro atoms. The van der Waals surface area contributed by atoms with E-state index in [9.17, 15) is 10.1 Å². The van der Waals surface area contributed by atoms with Gasteiger partial charge in [-0.15, -0.1) is 0 Å². The third kappa shape index (κ3) is 4.03. The van der Waals surface area contributed by atoms with E-state index in [0.717, 1.165) is 54.8 Å². The zero-order valence-electron chi connectivity index (χ0n) is 17.7. The van der Waals surface area contributed by atoms with E-state index < -0.39 is 0 Å². The highest BCUT2D eigenvalue weighted by atomic mass is 35.5. The number of nitrogens with zero attached hydrogens (tertiary/aromatic N) is 4. The number of hydrogen-bond donors (Lipinski definition) is 0. The molecule has 0 radical (unpaired) electrons. The molecule has 1 saturated heterocycles. The van der Waals surface area contributed by atoms with Crippen LogP contribution in [0.3, 0.4) is 0 Å². The Bertz CT molecular complexity index is 1200. The number of carbonyl (C=O) groups is 1. The summed E-state index contributed by atoms with van der Waals surface area (Å²) in [6, 6.07) is 9.39. The molecule has 31 heavy (non-hydrogen) atoms. The normalized spacial score (nSPS) is 14.1. The Hall–Kier alpha value is -2.55. The van der Waals surface area contributed by atoms with Crippen LogP contribution in [0, 0.1) is 18.3 Å². The summed E-state index contributed by atoms with van der Waals surface area (Å²) in [5, 5.41) is 10.3. The van der Waals surface area contributed by atoms with Crippen LogP contribution in [-0.2, 0) is 13.0 Å². The van der Waals surface area contributed by atoms with Crippen LogP contribution in [0.2, 0.25) is 10.0 Å². The van der Waals surface area contributed by atoms with Crippen molar-refractivity contribution in [2.75, 3.05) is 13.1 Å². The number of halogens is 2. The molecule has 2 aromatic carbocycles. The van der Waals surface area contributed by atoms with Crippen molar-refractivity contribution in [1.82, 2.24) is 14.5 Å². The van der Waals surface area contributed by atoms with Crippen LogP contribution < -0.4 is 0 Å². The van der Waals surface area contributed by atoms with E-state index in [1.54, 1.807) is 12.1 Å². The number of nitriles is 1. The van der Waals surface area contributed by atoms with E-state index in [0.29, 0.717) is 39.7 Å². The standard InChI is InChI=1S/C24H24Cl2N4O/c1-3-30-20-12-16(14-27)11-15(2)23(20)28-21(30)13-18-19(25)8-7-17(22(18)26)24(31)29-9-5-4-6-10-29/h7-8,11-12H,3-6,9-10,13H2,1-2H3. The van der Waals surface area contributed by atoms with Crippen molar-refractivity contribution in [2.45, 2.75) is 46.1 Å². The van der Waals surface area contributed by atoms with Gasteiger partial charge in [0.1, 0.15) is 5.82 Å². The summed E-state index contributed by atoms with van der Waals surface area (Å²) >= 11 is 13.3. The lowest BCUT2D eigenvalue weighted by atomic mass is 10.0. The monoisotopic (exact) mass is 454 g/mol. The van der Waals surface area contributed by atoms with E-state index in [4.69, 9.17) is 28.2 Å². The van der Waals surface area contributed by atoms with Crippen LogP contribution in [0.15, 0.2) is 24.3 Å². The summed E-state index contributed by atoms with van der Waals surface area (Å²) in [5.74, 6) is 0.767. The van der Waals surface area contributed by atoms with Crippen LogP contribution in [0.25, 0.3) is 11.0 Å². The van der Waals surface area contributed by atoms with E-state index in [1.165, 1.54) is 0 Å². The number of aromatic nitrogens is 2. The highest BCUT2D eigenvalue weighted by molar-refractivity contribution is 6.38. The number of rotatable bonds is 4. The lowest BCUT2D eigenvalue weighted by Crippen LogP contribution is -2.35. The molecule has 4 rings (SSSR count). The van der Waals surface area contributed by atoms with Gasteiger partial charge in [0, 0.05) is 31.1 Å². The third-order valence-electron chi connectivity index (χ3n) is 5.96. The quantitative estimate of drug-likeness (QED) is 0.503. The number of amides is 1. The van der Waals surface area contributed by atoms with Gasteiger partial charge in [-0.1, -0.05) is 23.2 Å². The van der Waals surface area contributed by atoms with Gasteiger partial charge in [0.15, 0.2) is 0 Å². The fraction of sp³-hybridized carbons (Fsp3) is 0.375. The molecule has 0 aliphatic carbocycles. The van der Waals surface area contributed by atoms with Crippen LogP contribution in [-0.4, -0.2) is 33.4 Å². The number of fused-ring (bicyclic) bond motifs is 1. The molecule has 1 aliphatic rings. The Labute approximate surface area is 192 Å². The van der Waals surface area contributed by atoms with Crippen molar-refractivity contribution in [3.8, 4) is 6.07 Å². The molecule has 3 aromatic rings. The molecule has 0 bridgehead atoms. The van der Waals surface area contributed by atoms with Crippen molar-refractivity contribution >= 4 is 40.1 Å². The first-order chi connectivity index (χ1) is 14.9. The van der Waals surface area contributed by atoms with Gasteiger partial charge in [0.05, 0.1) is 33.3 Å². The zero-order chi connectivity index (χ0) is 22.1. The lowest BCUT2D eigenvalue weighted by Gasteiger charge is -2.27. The second-order valence-electron chi connectivity index (χ2n) is 7.96. The van der Waals surface area contributed by atoms with Crippen molar-refractivity contribution in [1.29, 1.82) is 5.26 Å². The molecule has 1 aliphatic heterocycles. The molecule has 1 amide bonds. The second-order valence-corrected chi connectivity index (χ2v) is 8.75. The fourth-order valence-corrected chi connectivity index (χ4v) is 4.93. The maximum Gasteiger partial charge on any atom is 0.255 e. The van der Waals surface area contributed by atoms with Gasteiger partial charge in [-0.2, -0.15) is 5.26 Å². The van der Waals surface area contributed by atoms with Crippen molar-refractivity contribution in [3.05, 3.63) is 62.4 Å². The highest BCUT2D eigenvalue weighted by Crippen LogP contribution is 2.33. The molecular formula is C24H24Cl2N4O. The van der Waals surface area contributed by atoms with Crippen LogP contribution in [0.1, 0.15) is 59.1 Å². The number of hydrogen-bond acceptors (Lipinski definition) is 3. The molecule has 160 valence electrons. The maximum absolute atomic E-state index is 13.1. The van der Waals surface area contributed by atoms with Crippen molar-refractivity contribution < 1.29 is 4.79 Å². The largest absolute Gasteiger partial charge is 0.339 e. The lowest BCUT2D eigenvalue weighted by molar-refractivity contribution is 0.0724. The molecule has 2 heterocycles.